The summed E-state index contributed by atoms with van der Waals surface area (Å²) in [5.74, 6) is 0.684. The maximum absolute atomic E-state index is 8.85. The lowest BCUT2D eigenvalue weighted by atomic mass is 10.1. The van der Waals surface area contributed by atoms with Crippen molar-refractivity contribution in [2.45, 2.75) is 20.8 Å². The summed E-state index contributed by atoms with van der Waals surface area (Å²) in [7, 11) is 0. The van der Waals surface area contributed by atoms with Gasteiger partial charge in [-0.25, -0.2) is 0 Å². The highest BCUT2D eigenvalue weighted by molar-refractivity contribution is 9.10. The van der Waals surface area contributed by atoms with Gasteiger partial charge < -0.3 is 15.8 Å². The van der Waals surface area contributed by atoms with E-state index in [9.17, 15) is 0 Å². The van der Waals surface area contributed by atoms with Gasteiger partial charge in [0.1, 0.15) is 0 Å². The van der Waals surface area contributed by atoms with Crippen molar-refractivity contribution >= 4 is 27.5 Å². The van der Waals surface area contributed by atoms with Gasteiger partial charge in [0.05, 0.1) is 0 Å². The first-order chi connectivity index (χ1) is 8.49. The summed E-state index contributed by atoms with van der Waals surface area (Å²) < 4.78 is 0.981. The number of amidine groups is 1. The predicted octanol–water partition coefficient (Wildman–Crippen LogP) is 3.03. The minimum atomic E-state index is 0.139. The molecule has 0 radical (unpaired) electrons. The Morgan fingerprint density at radius 1 is 1.50 bits per heavy atom. The standard InChI is InChI=1S/C13H20BrN3O/c1-4-17(8-9(2)3)12-7-10(14)5-6-11(12)13(15)16-18/h5-7,9,18H,4,8H2,1-3H3,(H2,15,16). The molecule has 1 aromatic carbocycles. The molecule has 0 aliphatic rings. The van der Waals surface area contributed by atoms with Crippen LogP contribution in [0.25, 0.3) is 0 Å². The zero-order valence-corrected chi connectivity index (χ0v) is 12.6. The van der Waals surface area contributed by atoms with E-state index in [-0.39, 0.29) is 5.84 Å². The molecule has 0 saturated heterocycles. The van der Waals surface area contributed by atoms with E-state index in [0.717, 1.165) is 28.8 Å². The monoisotopic (exact) mass is 313 g/mol. The number of hydrogen-bond acceptors (Lipinski definition) is 3. The predicted molar refractivity (Wildman–Crippen MR) is 79.4 cm³/mol. The Bertz CT molecular complexity index is 432. The third-order valence-electron chi connectivity index (χ3n) is 2.65. The highest BCUT2D eigenvalue weighted by Gasteiger charge is 2.14. The van der Waals surface area contributed by atoms with Gasteiger partial charge in [-0.1, -0.05) is 34.9 Å². The van der Waals surface area contributed by atoms with E-state index in [1.54, 1.807) is 0 Å². The lowest BCUT2D eigenvalue weighted by Gasteiger charge is -2.27. The topological polar surface area (TPSA) is 61.8 Å². The third kappa shape index (κ3) is 3.63. The minimum Gasteiger partial charge on any atom is -0.409 e. The number of hydrogen-bond donors (Lipinski definition) is 2. The summed E-state index contributed by atoms with van der Waals surface area (Å²) in [4.78, 5) is 2.22. The zero-order chi connectivity index (χ0) is 13.7. The molecule has 0 fully saturated rings. The van der Waals surface area contributed by atoms with E-state index in [1.165, 1.54) is 0 Å². The Balaban J connectivity index is 3.22. The molecule has 0 amide bonds. The second kappa shape index (κ2) is 6.64. The second-order valence-electron chi connectivity index (χ2n) is 4.58. The van der Waals surface area contributed by atoms with Crippen LogP contribution in [0.2, 0.25) is 0 Å². The summed E-state index contributed by atoms with van der Waals surface area (Å²) in [6.07, 6.45) is 0. The summed E-state index contributed by atoms with van der Waals surface area (Å²) in [5.41, 5.74) is 7.46. The van der Waals surface area contributed by atoms with Crippen molar-refractivity contribution in [1.82, 2.24) is 0 Å². The third-order valence-corrected chi connectivity index (χ3v) is 3.14. The van der Waals surface area contributed by atoms with Crippen LogP contribution in [0.1, 0.15) is 26.3 Å². The Hall–Kier alpha value is -1.23. The molecule has 0 spiro atoms. The lowest BCUT2D eigenvalue weighted by molar-refractivity contribution is 0.318. The SMILES string of the molecule is CCN(CC(C)C)c1cc(Br)ccc1/C(N)=N/O. The fourth-order valence-electron chi connectivity index (χ4n) is 1.88. The fourth-order valence-corrected chi connectivity index (χ4v) is 2.22. The smallest absolute Gasteiger partial charge is 0.172 e. The highest BCUT2D eigenvalue weighted by atomic mass is 79.9. The van der Waals surface area contributed by atoms with Crippen LogP contribution in [0.15, 0.2) is 27.8 Å². The average Bonchev–Trinajstić information content (AvgIpc) is 2.34. The van der Waals surface area contributed by atoms with Gasteiger partial charge in [-0.05, 0) is 31.0 Å². The summed E-state index contributed by atoms with van der Waals surface area (Å²) in [6.45, 7) is 8.24. The molecule has 1 aromatic rings. The summed E-state index contributed by atoms with van der Waals surface area (Å²) in [6, 6.07) is 5.75. The van der Waals surface area contributed by atoms with Crippen molar-refractivity contribution in [3.8, 4) is 0 Å². The van der Waals surface area contributed by atoms with Crippen molar-refractivity contribution in [2.75, 3.05) is 18.0 Å². The molecule has 0 aliphatic carbocycles. The van der Waals surface area contributed by atoms with Crippen LogP contribution in [-0.2, 0) is 0 Å². The molecule has 0 aromatic heterocycles. The molecule has 0 unspecified atom stereocenters. The van der Waals surface area contributed by atoms with E-state index >= 15 is 0 Å². The van der Waals surface area contributed by atoms with Crippen molar-refractivity contribution in [3.63, 3.8) is 0 Å². The Morgan fingerprint density at radius 2 is 2.17 bits per heavy atom. The molecule has 18 heavy (non-hydrogen) atoms. The van der Waals surface area contributed by atoms with Gasteiger partial charge in [-0.15, -0.1) is 0 Å². The number of nitrogens with zero attached hydrogens (tertiary/aromatic N) is 2. The minimum absolute atomic E-state index is 0.139. The summed E-state index contributed by atoms with van der Waals surface area (Å²) >= 11 is 3.46. The van der Waals surface area contributed by atoms with E-state index in [2.05, 4.69) is 46.8 Å². The van der Waals surface area contributed by atoms with Crippen LogP contribution in [0.3, 0.4) is 0 Å². The number of halogens is 1. The number of oxime groups is 1. The summed E-state index contributed by atoms with van der Waals surface area (Å²) in [5, 5.41) is 11.9. The molecule has 4 nitrogen and oxygen atoms in total. The van der Waals surface area contributed by atoms with Crippen molar-refractivity contribution in [2.24, 2.45) is 16.8 Å². The van der Waals surface area contributed by atoms with Gasteiger partial charge in [-0.2, -0.15) is 0 Å². The van der Waals surface area contributed by atoms with Gasteiger partial charge in [0.25, 0.3) is 0 Å². The number of anilines is 1. The largest absolute Gasteiger partial charge is 0.409 e. The van der Waals surface area contributed by atoms with Gasteiger partial charge >= 0.3 is 0 Å². The van der Waals surface area contributed by atoms with Crippen molar-refractivity contribution < 1.29 is 5.21 Å². The average molecular weight is 314 g/mol. The molecule has 0 atom stereocenters. The van der Waals surface area contributed by atoms with Crippen molar-refractivity contribution in [1.29, 1.82) is 0 Å². The maximum atomic E-state index is 8.85. The lowest BCUT2D eigenvalue weighted by Crippen LogP contribution is -2.30. The first-order valence-electron chi connectivity index (χ1n) is 6.02. The molecular formula is C13H20BrN3O. The quantitative estimate of drug-likeness (QED) is 0.380. The van der Waals surface area contributed by atoms with E-state index in [4.69, 9.17) is 10.9 Å². The molecule has 100 valence electrons. The molecule has 1 rings (SSSR count). The van der Waals surface area contributed by atoms with Crippen LogP contribution in [0, 0.1) is 5.92 Å². The number of benzene rings is 1. The molecule has 0 saturated carbocycles. The number of rotatable bonds is 5. The van der Waals surface area contributed by atoms with Crippen molar-refractivity contribution in [3.05, 3.63) is 28.2 Å². The fraction of sp³-hybridized carbons (Fsp3) is 0.462. The molecule has 0 heterocycles. The van der Waals surface area contributed by atoms with E-state index in [0.29, 0.717) is 5.92 Å². The van der Waals surface area contributed by atoms with Crippen LogP contribution >= 0.6 is 15.9 Å². The molecule has 0 bridgehead atoms. The van der Waals surface area contributed by atoms with Gasteiger partial charge in [0, 0.05) is 28.8 Å². The van der Waals surface area contributed by atoms with E-state index in [1.807, 2.05) is 18.2 Å². The Labute approximate surface area is 117 Å². The van der Waals surface area contributed by atoms with Crippen LogP contribution < -0.4 is 10.6 Å². The molecule has 3 N–H and O–H groups in total. The second-order valence-corrected chi connectivity index (χ2v) is 5.49. The normalized spacial score (nSPS) is 11.9. The highest BCUT2D eigenvalue weighted by Crippen LogP contribution is 2.26. The van der Waals surface area contributed by atoms with Crippen LogP contribution in [-0.4, -0.2) is 24.1 Å². The van der Waals surface area contributed by atoms with Crippen LogP contribution in [0.4, 0.5) is 5.69 Å². The first kappa shape index (κ1) is 14.8. The van der Waals surface area contributed by atoms with Gasteiger partial charge in [0.15, 0.2) is 5.84 Å². The Kier molecular flexibility index (Phi) is 5.47. The first-order valence-corrected chi connectivity index (χ1v) is 6.81. The zero-order valence-electron chi connectivity index (χ0n) is 11.0. The molecule has 0 aliphatic heterocycles. The Morgan fingerprint density at radius 3 is 2.67 bits per heavy atom. The van der Waals surface area contributed by atoms with Crippen LogP contribution in [0.5, 0.6) is 0 Å². The van der Waals surface area contributed by atoms with Gasteiger partial charge in [0.2, 0.25) is 0 Å². The maximum Gasteiger partial charge on any atom is 0.172 e. The molecule has 5 heteroatoms. The van der Waals surface area contributed by atoms with Gasteiger partial charge in [-0.3, -0.25) is 0 Å². The number of nitrogens with two attached hydrogens (primary N) is 1. The van der Waals surface area contributed by atoms with E-state index < -0.39 is 0 Å². The molecular weight excluding hydrogens is 294 g/mol.